The lowest BCUT2D eigenvalue weighted by molar-refractivity contribution is 0.0586. The molecule has 0 N–H and O–H groups in total. The van der Waals surface area contributed by atoms with Crippen molar-refractivity contribution < 1.29 is 9.53 Å². The number of thioether (sulfide) groups is 1. The zero-order valence-electron chi connectivity index (χ0n) is 11.9. The Bertz CT molecular complexity index is 620. The third-order valence-corrected chi connectivity index (χ3v) is 4.84. The van der Waals surface area contributed by atoms with E-state index in [0.29, 0.717) is 12.0 Å². The van der Waals surface area contributed by atoms with Crippen LogP contribution in [-0.2, 0) is 4.74 Å². The molecular formula is C11H16IN4O2PS. The molecule has 0 radical (unpaired) electrons. The van der Waals surface area contributed by atoms with E-state index in [1.165, 1.54) is 18.9 Å². The number of fused-ring (bicyclic) bond motifs is 1. The molecule has 9 heteroatoms. The normalized spacial score (nSPS) is 10.7. The predicted octanol–water partition coefficient (Wildman–Crippen LogP) is 3.46. The smallest absolute Gasteiger partial charge is 0.376 e. The molecule has 1 unspecified atom stereocenters. The van der Waals surface area contributed by atoms with Gasteiger partial charge in [0.05, 0.1) is 24.6 Å². The highest BCUT2D eigenvalue weighted by molar-refractivity contribution is 14.2. The number of halogens is 1. The number of hydrogen-bond donors (Lipinski definition) is 0. The number of carbonyl (C=O) groups is 1. The fraction of sp³-hybridized carbons (Fsp3) is 0.455. The van der Waals surface area contributed by atoms with Crippen LogP contribution in [0.3, 0.4) is 0 Å². The van der Waals surface area contributed by atoms with Crippen molar-refractivity contribution in [1.29, 1.82) is 0 Å². The Morgan fingerprint density at radius 1 is 1.40 bits per heavy atom. The largest absolute Gasteiger partial charge is 0.463 e. The van der Waals surface area contributed by atoms with Crippen molar-refractivity contribution in [2.24, 2.45) is 0 Å². The summed E-state index contributed by atoms with van der Waals surface area (Å²) in [5.74, 6) is -0.459. The number of ether oxygens (including phenoxy) is 1. The maximum atomic E-state index is 11.5. The average Bonchev–Trinajstić information content (AvgIpc) is 2.84. The van der Waals surface area contributed by atoms with Gasteiger partial charge in [-0.3, -0.25) is 0 Å². The van der Waals surface area contributed by atoms with Gasteiger partial charge in [-0.15, -0.1) is 11.8 Å². The van der Waals surface area contributed by atoms with Gasteiger partial charge in [0.25, 0.3) is 0 Å². The Kier molecular flexibility index (Phi) is 7.11. The summed E-state index contributed by atoms with van der Waals surface area (Å²) in [5.41, 5.74) is 1.55. The van der Waals surface area contributed by atoms with Gasteiger partial charge >= 0.3 is 5.97 Å². The van der Waals surface area contributed by atoms with Crippen molar-refractivity contribution in [1.82, 2.24) is 19.5 Å². The summed E-state index contributed by atoms with van der Waals surface area (Å²) in [5, 5.41) is 6.05. The lowest BCUT2D eigenvalue weighted by Crippen LogP contribution is -2.08. The van der Waals surface area contributed by atoms with Crippen molar-refractivity contribution in [2.45, 2.75) is 25.8 Å². The van der Waals surface area contributed by atoms with E-state index in [2.05, 4.69) is 41.8 Å². The first-order valence-corrected chi connectivity index (χ1v) is 11.2. The van der Waals surface area contributed by atoms with Crippen molar-refractivity contribution in [2.75, 3.05) is 13.4 Å². The molecule has 110 valence electrons. The molecule has 2 heterocycles. The minimum Gasteiger partial charge on any atom is -0.463 e. The Morgan fingerprint density at radius 2 is 2.05 bits per heavy atom. The van der Waals surface area contributed by atoms with E-state index >= 15 is 0 Å². The van der Waals surface area contributed by atoms with Gasteiger partial charge in [-0.2, -0.15) is 5.10 Å². The molecule has 6 nitrogen and oxygen atoms in total. The first-order chi connectivity index (χ1) is 9.62. The highest BCUT2D eigenvalue weighted by Crippen LogP contribution is 2.32. The third kappa shape index (κ3) is 3.40. The molecule has 0 aliphatic heterocycles. The summed E-state index contributed by atoms with van der Waals surface area (Å²) in [7, 11) is 1.32. The number of nitrogens with zero attached hydrogens (tertiary/aromatic N) is 4. The number of hydrogen-bond acceptors (Lipinski definition) is 6. The van der Waals surface area contributed by atoms with E-state index < -0.39 is 5.97 Å². The highest BCUT2D eigenvalue weighted by Gasteiger charge is 2.19. The standard InChI is InChI=1S/C9H10IN4O2PS.C2H6/c1-4-5-7(14(13-4)17-10)11-6(9(15)16-2)12-8(5)18-3;1-2/h17H,1-3H3;1-2H3. The summed E-state index contributed by atoms with van der Waals surface area (Å²) in [4.78, 5) is 20.0. The number of aryl methyl sites for hydroxylation is 1. The highest BCUT2D eigenvalue weighted by atomic mass is 127. The quantitative estimate of drug-likeness (QED) is 0.246. The molecule has 0 spiro atoms. The van der Waals surface area contributed by atoms with Crippen LogP contribution >= 0.6 is 40.2 Å². The summed E-state index contributed by atoms with van der Waals surface area (Å²) in [6.07, 6.45) is 2.33. The van der Waals surface area contributed by atoms with Crippen LogP contribution in [0.2, 0.25) is 0 Å². The first kappa shape index (κ1) is 17.6. The molecule has 0 fully saturated rings. The summed E-state index contributed by atoms with van der Waals surface area (Å²) < 4.78 is 6.44. The molecule has 2 aromatic heterocycles. The predicted molar refractivity (Wildman–Crippen MR) is 92.3 cm³/mol. The number of rotatable bonds is 3. The SMILES string of the molecule is CC.COC(=O)c1nc(SC)c2c(C)nn(PI)c2n1. The Labute approximate surface area is 136 Å². The lowest BCUT2D eigenvalue weighted by atomic mass is 10.3. The Morgan fingerprint density at radius 3 is 2.55 bits per heavy atom. The maximum absolute atomic E-state index is 11.5. The average molecular weight is 426 g/mol. The van der Waals surface area contributed by atoms with Crippen molar-refractivity contribution >= 4 is 57.2 Å². The topological polar surface area (TPSA) is 69.9 Å². The summed E-state index contributed by atoms with van der Waals surface area (Å²) >= 11 is 3.69. The van der Waals surface area contributed by atoms with Crippen LogP contribution in [-0.4, -0.2) is 38.9 Å². The molecule has 0 aliphatic carbocycles. The van der Waals surface area contributed by atoms with Crippen LogP contribution < -0.4 is 0 Å². The molecule has 0 saturated carbocycles. The summed E-state index contributed by atoms with van der Waals surface area (Å²) in [6.45, 7) is 5.91. The molecule has 0 bridgehead atoms. The number of aromatic nitrogens is 4. The third-order valence-electron chi connectivity index (χ3n) is 2.31. The maximum Gasteiger partial charge on any atom is 0.376 e. The number of carbonyl (C=O) groups excluding carboxylic acids is 1. The van der Waals surface area contributed by atoms with Gasteiger partial charge in [0.15, 0.2) is 5.65 Å². The van der Waals surface area contributed by atoms with Gasteiger partial charge in [-0.25, -0.2) is 19.2 Å². The van der Waals surface area contributed by atoms with E-state index in [9.17, 15) is 4.79 Å². The minimum atomic E-state index is -0.533. The van der Waals surface area contributed by atoms with E-state index in [1.54, 1.807) is 4.45 Å². The second-order valence-corrected chi connectivity index (χ2v) is 6.16. The number of methoxy groups -OCH3 is 1. The van der Waals surface area contributed by atoms with E-state index in [-0.39, 0.29) is 5.82 Å². The zero-order valence-corrected chi connectivity index (χ0v) is 15.9. The van der Waals surface area contributed by atoms with E-state index in [4.69, 9.17) is 0 Å². The van der Waals surface area contributed by atoms with Crippen LogP contribution in [0.1, 0.15) is 30.2 Å². The Balaban J connectivity index is 0.000000956. The fourth-order valence-corrected chi connectivity index (χ4v) is 3.59. The van der Waals surface area contributed by atoms with Gasteiger partial charge in [0.1, 0.15) is 5.03 Å². The van der Waals surface area contributed by atoms with Gasteiger partial charge < -0.3 is 4.74 Å². The Hall–Kier alpha value is -0.470. The van der Waals surface area contributed by atoms with Crippen molar-refractivity contribution in [3.8, 4) is 0 Å². The molecule has 0 amide bonds. The molecule has 0 aromatic carbocycles. The second kappa shape index (κ2) is 8.09. The molecule has 2 rings (SSSR count). The van der Waals surface area contributed by atoms with Gasteiger partial charge in [-0.05, 0) is 35.2 Å². The van der Waals surface area contributed by atoms with Gasteiger partial charge in [0.2, 0.25) is 5.82 Å². The van der Waals surface area contributed by atoms with Crippen LogP contribution in [0.5, 0.6) is 0 Å². The van der Waals surface area contributed by atoms with E-state index in [1.807, 2.05) is 27.0 Å². The van der Waals surface area contributed by atoms with Crippen LogP contribution in [0.15, 0.2) is 5.03 Å². The van der Waals surface area contributed by atoms with Crippen molar-refractivity contribution in [3.05, 3.63) is 11.5 Å². The monoisotopic (exact) mass is 426 g/mol. The van der Waals surface area contributed by atoms with Crippen molar-refractivity contribution in [3.63, 3.8) is 0 Å². The van der Waals surface area contributed by atoms with Crippen LogP contribution in [0, 0.1) is 6.92 Å². The van der Waals surface area contributed by atoms with Gasteiger partial charge in [0, 0.05) is 0 Å². The lowest BCUT2D eigenvalue weighted by Gasteiger charge is -2.03. The van der Waals surface area contributed by atoms with Crippen LogP contribution in [0.25, 0.3) is 11.0 Å². The summed E-state index contributed by atoms with van der Waals surface area (Å²) in [6, 6.07) is 0. The number of esters is 1. The molecule has 2 aromatic rings. The van der Waals surface area contributed by atoms with Crippen LogP contribution in [0.4, 0.5) is 0 Å². The zero-order chi connectivity index (χ0) is 15.3. The van der Waals surface area contributed by atoms with Gasteiger partial charge in [-0.1, -0.05) is 13.8 Å². The molecular weight excluding hydrogens is 410 g/mol. The molecule has 20 heavy (non-hydrogen) atoms. The molecule has 0 saturated heterocycles. The molecule has 1 atom stereocenters. The fourth-order valence-electron chi connectivity index (χ4n) is 1.54. The van der Waals surface area contributed by atoms with E-state index in [0.717, 1.165) is 16.1 Å². The minimum absolute atomic E-state index is 0.0742. The first-order valence-electron chi connectivity index (χ1n) is 5.88. The second-order valence-electron chi connectivity index (χ2n) is 3.33. The molecule has 0 aliphatic rings.